The van der Waals surface area contributed by atoms with E-state index in [0.717, 1.165) is 6.92 Å². The Morgan fingerprint density at radius 2 is 1.23 bits per heavy atom. The van der Waals surface area contributed by atoms with Crippen molar-refractivity contribution in [3.63, 3.8) is 0 Å². The van der Waals surface area contributed by atoms with Crippen LogP contribution < -0.4 is 9.47 Å². The predicted molar refractivity (Wildman–Crippen MR) is 70.5 cm³/mol. The maximum absolute atomic E-state index is 13.1. The van der Waals surface area contributed by atoms with Crippen LogP contribution in [0.1, 0.15) is 6.92 Å². The van der Waals surface area contributed by atoms with Gasteiger partial charge in [0, 0.05) is 0 Å². The van der Waals surface area contributed by atoms with Gasteiger partial charge in [0.25, 0.3) is 0 Å². The SMILES string of the molecule is C/C(F)=C(/F)Oc1ccc2ccc(OC(F)=C(F)F)cc2c1. The number of hydrogen-bond acceptors (Lipinski definition) is 2. The van der Waals surface area contributed by atoms with E-state index in [1.807, 2.05) is 0 Å². The van der Waals surface area contributed by atoms with Crippen molar-refractivity contribution < 1.29 is 31.4 Å². The highest BCUT2D eigenvalue weighted by Crippen LogP contribution is 2.28. The van der Waals surface area contributed by atoms with E-state index in [9.17, 15) is 22.0 Å². The van der Waals surface area contributed by atoms with Gasteiger partial charge >= 0.3 is 18.1 Å². The maximum Gasteiger partial charge on any atom is 0.344 e. The van der Waals surface area contributed by atoms with Gasteiger partial charge in [0.2, 0.25) is 0 Å². The van der Waals surface area contributed by atoms with Gasteiger partial charge in [-0.2, -0.15) is 17.6 Å². The second-order valence-electron chi connectivity index (χ2n) is 4.22. The van der Waals surface area contributed by atoms with Gasteiger partial charge in [-0.15, -0.1) is 0 Å². The molecule has 2 nitrogen and oxygen atoms in total. The Kier molecular flexibility index (Phi) is 4.65. The minimum absolute atomic E-state index is 0.00756. The van der Waals surface area contributed by atoms with Gasteiger partial charge in [0.05, 0.1) is 0 Å². The van der Waals surface area contributed by atoms with Gasteiger partial charge < -0.3 is 9.47 Å². The van der Waals surface area contributed by atoms with Crippen LogP contribution in [0.15, 0.2) is 60.3 Å². The summed E-state index contributed by atoms with van der Waals surface area (Å²) in [5.74, 6) is -1.30. The van der Waals surface area contributed by atoms with Gasteiger partial charge in [-0.3, -0.25) is 0 Å². The molecule has 0 N–H and O–H groups in total. The number of hydrogen-bond donors (Lipinski definition) is 0. The number of fused-ring (bicyclic) bond motifs is 1. The average molecular weight is 316 g/mol. The van der Waals surface area contributed by atoms with Gasteiger partial charge in [0.15, 0.2) is 5.83 Å². The van der Waals surface area contributed by atoms with Crippen LogP contribution in [-0.4, -0.2) is 0 Å². The molecule has 0 aliphatic carbocycles. The molecule has 116 valence electrons. The predicted octanol–water partition coefficient (Wildman–Crippen LogP) is 5.76. The van der Waals surface area contributed by atoms with Crippen molar-refractivity contribution in [2.75, 3.05) is 0 Å². The molecule has 7 heteroatoms. The summed E-state index contributed by atoms with van der Waals surface area (Å²) in [6, 6.07) is 4.91. The first-order valence-corrected chi connectivity index (χ1v) is 5.99. The summed E-state index contributed by atoms with van der Waals surface area (Å²) >= 11 is 0. The van der Waals surface area contributed by atoms with Crippen molar-refractivity contribution in [2.45, 2.75) is 6.92 Å². The summed E-state index contributed by atoms with van der Waals surface area (Å²) in [4.78, 5) is 0. The third-order valence-corrected chi connectivity index (χ3v) is 2.62. The summed E-state index contributed by atoms with van der Waals surface area (Å²) in [6.07, 6.45) is -2.58. The molecule has 0 aromatic heterocycles. The monoisotopic (exact) mass is 316 g/mol. The lowest BCUT2D eigenvalue weighted by Crippen LogP contribution is -1.92. The summed E-state index contributed by atoms with van der Waals surface area (Å²) in [7, 11) is 0. The minimum atomic E-state index is -2.58. The van der Waals surface area contributed by atoms with Crippen LogP contribution in [-0.2, 0) is 0 Å². The number of allylic oxidation sites excluding steroid dienone is 1. The molecule has 0 heterocycles. The van der Waals surface area contributed by atoms with E-state index in [1.54, 1.807) is 0 Å². The molecule has 0 radical (unpaired) electrons. The van der Waals surface area contributed by atoms with E-state index in [0.29, 0.717) is 10.8 Å². The summed E-state index contributed by atoms with van der Waals surface area (Å²) in [6.45, 7) is 0.892. The van der Waals surface area contributed by atoms with Crippen LogP contribution >= 0.6 is 0 Å². The lowest BCUT2D eigenvalue weighted by atomic mass is 10.1. The molecule has 0 amide bonds. The first kappa shape index (κ1) is 15.8. The molecule has 0 atom stereocenters. The third-order valence-electron chi connectivity index (χ3n) is 2.62. The lowest BCUT2D eigenvalue weighted by Gasteiger charge is -2.07. The van der Waals surface area contributed by atoms with Crippen LogP contribution in [0.2, 0.25) is 0 Å². The Labute approximate surface area is 122 Å². The van der Waals surface area contributed by atoms with Crippen LogP contribution in [0.5, 0.6) is 11.5 Å². The van der Waals surface area contributed by atoms with Crippen molar-refractivity contribution in [3.8, 4) is 11.5 Å². The highest BCUT2D eigenvalue weighted by atomic mass is 19.3. The standard InChI is InChI=1S/C15H9F5O2/c1-8(16)14(19)21-11-4-2-9-3-5-12(7-10(9)6-11)22-15(20)13(17)18/h2-7H,1H3/b14-8+. The zero-order chi connectivity index (χ0) is 16.3. The Morgan fingerprint density at radius 3 is 1.68 bits per heavy atom. The fourth-order valence-electron chi connectivity index (χ4n) is 1.65. The molecule has 2 aromatic carbocycles. The number of ether oxygens (including phenoxy) is 2. The van der Waals surface area contributed by atoms with Crippen LogP contribution in [0.3, 0.4) is 0 Å². The quantitative estimate of drug-likeness (QED) is 0.527. The van der Waals surface area contributed by atoms with Gasteiger partial charge in [-0.25, -0.2) is 4.39 Å². The molecule has 0 bridgehead atoms. The third kappa shape index (κ3) is 3.75. The molecule has 0 aliphatic rings. The number of rotatable bonds is 4. The van der Waals surface area contributed by atoms with Crippen molar-refractivity contribution >= 4 is 10.8 Å². The summed E-state index contributed by atoms with van der Waals surface area (Å²) in [5.41, 5.74) is 0. The molecular formula is C15H9F5O2. The molecule has 0 spiro atoms. The van der Waals surface area contributed by atoms with E-state index in [1.165, 1.54) is 36.4 Å². The fourth-order valence-corrected chi connectivity index (χ4v) is 1.65. The Bertz CT molecular complexity index is 699. The van der Waals surface area contributed by atoms with Crippen molar-refractivity contribution in [2.24, 2.45) is 0 Å². The Morgan fingerprint density at radius 1 is 0.727 bits per heavy atom. The molecular weight excluding hydrogens is 307 g/mol. The van der Waals surface area contributed by atoms with E-state index < -0.39 is 23.9 Å². The van der Waals surface area contributed by atoms with Crippen LogP contribution in [0.25, 0.3) is 10.8 Å². The Hall–Kier alpha value is -2.57. The Balaban J connectivity index is 2.34. The lowest BCUT2D eigenvalue weighted by molar-refractivity contribution is 0.241. The zero-order valence-corrected chi connectivity index (χ0v) is 11.2. The van der Waals surface area contributed by atoms with Gasteiger partial charge in [-0.05, 0) is 42.0 Å². The van der Waals surface area contributed by atoms with E-state index in [4.69, 9.17) is 0 Å². The van der Waals surface area contributed by atoms with Crippen LogP contribution in [0.4, 0.5) is 22.0 Å². The van der Waals surface area contributed by atoms with E-state index in [2.05, 4.69) is 9.47 Å². The largest absolute Gasteiger partial charge is 0.430 e. The first-order valence-electron chi connectivity index (χ1n) is 5.99. The molecule has 0 saturated heterocycles. The van der Waals surface area contributed by atoms with Crippen molar-refractivity contribution in [3.05, 3.63) is 60.3 Å². The summed E-state index contributed by atoms with van der Waals surface area (Å²) < 4.78 is 71.4. The topological polar surface area (TPSA) is 18.5 Å². The van der Waals surface area contributed by atoms with Gasteiger partial charge in [0.1, 0.15) is 11.5 Å². The van der Waals surface area contributed by atoms with E-state index >= 15 is 0 Å². The second-order valence-corrected chi connectivity index (χ2v) is 4.22. The molecule has 0 unspecified atom stereocenters. The summed E-state index contributed by atoms with van der Waals surface area (Å²) in [5, 5.41) is 1.05. The highest BCUT2D eigenvalue weighted by molar-refractivity contribution is 5.85. The first-order chi connectivity index (χ1) is 10.4. The molecule has 2 aromatic rings. The molecule has 0 saturated carbocycles. The molecule has 0 fully saturated rings. The number of halogens is 5. The van der Waals surface area contributed by atoms with E-state index in [-0.39, 0.29) is 11.5 Å². The van der Waals surface area contributed by atoms with Crippen LogP contribution in [0, 0.1) is 0 Å². The maximum atomic E-state index is 13.1. The smallest absolute Gasteiger partial charge is 0.344 e. The second kappa shape index (κ2) is 6.46. The minimum Gasteiger partial charge on any atom is -0.430 e. The molecule has 0 aliphatic heterocycles. The highest BCUT2D eigenvalue weighted by Gasteiger charge is 2.09. The molecule has 2 rings (SSSR count). The average Bonchev–Trinajstić information content (AvgIpc) is 2.46. The van der Waals surface area contributed by atoms with Gasteiger partial charge in [-0.1, -0.05) is 12.1 Å². The fraction of sp³-hybridized carbons (Fsp3) is 0.0667. The van der Waals surface area contributed by atoms with Crippen molar-refractivity contribution in [1.29, 1.82) is 0 Å². The number of benzene rings is 2. The normalized spacial score (nSPS) is 11.9. The molecule has 22 heavy (non-hydrogen) atoms. The zero-order valence-electron chi connectivity index (χ0n) is 11.2. The van der Waals surface area contributed by atoms with Crippen molar-refractivity contribution in [1.82, 2.24) is 0 Å².